The fraction of sp³-hybridized carbons (Fsp3) is 0.350. The van der Waals surface area contributed by atoms with Gasteiger partial charge < -0.3 is 5.32 Å². The van der Waals surface area contributed by atoms with Gasteiger partial charge in [-0.05, 0) is 31.9 Å². The van der Waals surface area contributed by atoms with E-state index in [0.29, 0.717) is 12.0 Å². The Bertz CT molecular complexity index is 771. The van der Waals surface area contributed by atoms with Gasteiger partial charge in [0.2, 0.25) is 0 Å². The summed E-state index contributed by atoms with van der Waals surface area (Å²) < 4.78 is 0. The molecule has 0 spiro atoms. The molecule has 1 fully saturated rings. The first-order chi connectivity index (χ1) is 12.1. The van der Waals surface area contributed by atoms with Crippen LogP contribution in [0.1, 0.15) is 42.9 Å². The van der Waals surface area contributed by atoms with Crippen molar-refractivity contribution in [1.29, 1.82) is 0 Å². The zero-order chi connectivity index (χ0) is 17.8. The predicted molar refractivity (Wildman–Crippen MR) is 97.6 cm³/mol. The second-order valence-corrected chi connectivity index (χ2v) is 6.62. The Kier molecular flexibility index (Phi) is 5.12. The Morgan fingerprint density at radius 2 is 1.84 bits per heavy atom. The van der Waals surface area contributed by atoms with E-state index in [1.807, 2.05) is 31.2 Å². The number of nitro groups is 1. The van der Waals surface area contributed by atoms with Crippen LogP contribution in [0.3, 0.4) is 0 Å². The number of Topliss-reactive ketones (excluding diaryl/α,β-unsaturated/α-hetero) is 1. The number of aryl methyl sites for hydroxylation is 1. The summed E-state index contributed by atoms with van der Waals surface area (Å²) >= 11 is 0. The monoisotopic (exact) mass is 338 g/mol. The summed E-state index contributed by atoms with van der Waals surface area (Å²) in [6.07, 6.45) is 3.19. The Morgan fingerprint density at radius 1 is 1.12 bits per heavy atom. The van der Waals surface area contributed by atoms with E-state index in [-0.39, 0.29) is 22.3 Å². The molecule has 3 rings (SSSR count). The molecule has 2 aromatic rings. The number of carbonyl (C=O) groups excluding carboxylic acids is 1. The van der Waals surface area contributed by atoms with Gasteiger partial charge in [0.25, 0.3) is 5.69 Å². The van der Waals surface area contributed by atoms with Crippen LogP contribution < -0.4 is 5.32 Å². The minimum absolute atomic E-state index is 0.0606. The minimum atomic E-state index is -0.392. The van der Waals surface area contributed by atoms with Gasteiger partial charge in [0.1, 0.15) is 5.78 Å². The van der Waals surface area contributed by atoms with Gasteiger partial charge in [0.05, 0.1) is 16.5 Å². The van der Waals surface area contributed by atoms with Crippen molar-refractivity contribution in [3.63, 3.8) is 0 Å². The molecular formula is C20H22N2O3. The van der Waals surface area contributed by atoms with Crippen molar-refractivity contribution in [1.82, 2.24) is 0 Å². The molecule has 0 aromatic heterocycles. The summed E-state index contributed by atoms with van der Waals surface area (Å²) in [4.78, 5) is 23.6. The number of nitrogens with zero attached hydrogens (tertiary/aromatic N) is 1. The molecule has 0 radical (unpaired) electrons. The summed E-state index contributed by atoms with van der Waals surface area (Å²) in [6, 6.07) is 14.2. The van der Waals surface area contributed by atoms with E-state index in [1.165, 1.54) is 6.07 Å². The van der Waals surface area contributed by atoms with E-state index in [9.17, 15) is 14.9 Å². The maximum Gasteiger partial charge on any atom is 0.274 e. The molecule has 0 saturated heterocycles. The smallest absolute Gasteiger partial charge is 0.274 e. The van der Waals surface area contributed by atoms with Crippen molar-refractivity contribution in [3.05, 3.63) is 69.8 Å². The van der Waals surface area contributed by atoms with Crippen LogP contribution in [0, 0.1) is 23.0 Å². The molecule has 1 aliphatic carbocycles. The molecule has 0 bridgehead atoms. The summed E-state index contributed by atoms with van der Waals surface area (Å²) in [6.45, 7) is 2.01. The molecule has 5 heteroatoms. The number of rotatable bonds is 5. The third-order valence-electron chi connectivity index (χ3n) is 4.85. The maximum absolute atomic E-state index is 12.5. The summed E-state index contributed by atoms with van der Waals surface area (Å²) in [5.74, 6) is -0.0508. The van der Waals surface area contributed by atoms with E-state index >= 15 is 0 Å². The first kappa shape index (κ1) is 17.1. The highest BCUT2D eigenvalue weighted by atomic mass is 16.6. The van der Waals surface area contributed by atoms with Crippen LogP contribution in [0.25, 0.3) is 0 Å². The Hall–Kier alpha value is -2.69. The van der Waals surface area contributed by atoms with Gasteiger partial charge >= 0.3 is 0 Å². The Balaban J connectivity index is 2.01. The molecule has 2 unspecified atom stereocenters. The molecule has 1 aliphatic rings. The predicted octanol–water partition coefficient (Wildman–Crippen LogP) is 4.82. The molecule has 130 valence electrons. The molecule has 0 aliphatic heterocycles. The lowest BCUT2D eigenvalue weighted by atomic mass is 9.79. The number of hydrogen-bond acceptors (Lipinski definition) is 4. The molecule has 0 heterocycles. The number of nitrogens with one attached hydrogen (secondary N) is 1. The average Bonchev–Trinajstić information content (AvgIpc) is 2.62. The van der Waals surface area contributed by atoms with Crippen molar-refractivity contribution < 1.29 is 9.72 Å². The fourth-order valence-corrected chi connectivity index (χ4v) is 3.50. The van der Waals surface area contributed by atoms with Crippen LogP contribution in [-0.2, 0) is 4.79 Å². The van der Waals surface area contributed by atoms with E-state index < -0.39 is 6.04 Å². The molecule has 1 N–H and O–H groups in total. The van der Waals surface area contributed by atoms with E-state index in [4.69, 9.17) is 0 Å². The van der Waals surface area contributed by atoms with E-state index in [0.717, 1.165) is 30.5 Å². The lowest BCUT2D eigenvalue weighted by molar-refractivity contribution is -0.385. The van der Waals surface area contributed by atoms with Crippen LogP contribution in [0.5, 0.6) is 0 Å². The second kappa shape index (κ2) is 7.47. The van der Waals surface area contributed by atoms with Gasteiger partial charge in [0, 0.05) is 24.1 Å². The molecule has 1 saturated carbocycles. The van der Waals surface area contributed by atoms with Crippen molar-refractivity contribution >= 4 is 17.2 Å². The van der Waals surface area contributed by atoms with Gasteiger partial charge in [-0.15, -0.1) is 0 Å². The minimum Gasteiger partial charge on any atom is -0.377 e. The topological polar surface area (TPSA) is 72.2 Å². The van der Waals surface area contributed by atoms with Crippen LogP contribution in [0.15, 0.2) is 48.5 Å². The van der Waals surface area contributed by atoms with Crippen molar-refractivity contribution in [3.8, 4) is 0 Å². The number of anilines is 1. The molecule has 2 atom stereocenters. The zero-order valence-electron chi connectivity index (χ0n) is 14.3. The van der Waals surface area contributed by atoms with Gasteiger partial charge in [0.15, 0.2) is 0 Å². The fourth-order valence-electron chi connectivity index (χ4n) is 3.50. The van der Waals surface area contributed by atoms with Crippen LogP contribution in [0.2, 0.25) is 0 Å². The highest BCUT2D eigenvalue weighted by Crippen LogP contribution is 2.38. The number of para-hydroxylation sites is 1. The van der Waals surface area contributed by atoms with Gasteiger partial charge in [-0.25, -0.2) is 0 Å². The Labute approximate surface area is 147 Å². The average molecular weight is 338 g/mol. The lowest BCUT2D eigenvalue weighted by Gasteiger charge is -2.30. The van der Waals surface area contributed by atoms with Crippen LogP contribution >= 0.6 is 0 Å². The Morgan fingerprint density at radius 3 is 2.52 bits per heavy atom. The van der Waals surface area contributed by atoms with Crippen molar-refractivity contribution in [2.24, 2.45) is 5.92 Å². The standard InChI is InChI=1S/C20H22N2O3/c1-14-10-12-15(13-11-14)21-20(17-7-3-5-9-19(17)23)16-6-2-4-8-18(16)22(24)25/h2,4,6,8,10-13,17,20-21H,3,5,7,9H2,1H3. The quantitative estimate of drug-likeness (QED) is 0.627. The normalized spacial score (nSPS) is 18.6. The lowest BCUT2D eigenvalue weighted by Crippen LogP contribution is -2.30. The van der Waals surface area contributed by atoms with E-state index in [1.54, 1.807) is 18.2 Å². The largest absolute Gasteiger partial charge is 0.377 e. The number of nitro benzene ring substituents is 1. The van der Waals surface area contributed by atoms with Gasteiger partial charge in [-0.2, -0.15) is 0 Å². The summed E-state index contributed by atoms with van der Waals surface area (Å²) in [5.41, 5.74) is 2.65. The van der Waals surface area contributed by atoms with Crippen molar-refractivity contribution in [2.45, 2.75) is 38.6 Å². The first-order valence-corrected chi connectivity index (χ1v) is 8.65. The second-order valence-electron chi connectivity index (χ2n) is 6.62. The third kappa shape index (κ3) is 3.87. The number of ketones is 1. The van der Waals surface area contributed by atoms with Gasteiger partial charge in [-0.1, -0.05) is 42.3 Å². The maximum atomic E-state index is 12.5. The molecule has 25 heavy (non-hydrogen) atoms. The third-order valence-corrected chi connectivity index (χ3v) is 4.85. The van der Waals surface area contributed by atoms with Crippen LogP contribution in [-0.4, -0.2) is 10.7 Å². The highest BCUT2D eigenvalue weighted by Gasteiger charge is 2.34. The van der Waals surface area contributed by atoms with E-state index in [2.05, 4.69) is 5.32 Å². The molecule has 5 nitrogen and oxygen atoms in total. The highest BCUT2D eigenvalue weighted by molar-refractivity contribution is 5.83. The summed E-state index contributed by atoms with van der Waals surface area (Å²) in [5, 5.41) is 14.9. The number of hydrogen-bond donors (Lipinski definition) is 1. The SMILES string of the molecule is Cc1ccc(NC(c2ccccc2[N+](=O)[O-])C2CCCCC2=O)cc1. The molecule has 0 amide bonds. The van der Waals surface area contributed by atoms with Crippen LogP contribution in [0.4, 0.5) is 11.4 Å². The molecular weight excluding hydrogens is 316 g/mol. The van der Waals surface area contributed by atoms with Gasteiger partial charge in [-0.3, -0.25) is 14.9 Å². The van der Waals surface area contributed by atoms with Crippen molar-refractivity contribution in [2.75, 3.05) is 5.32 Å². The number of benzene rings is 2. The zero-order valence-corrected chi connectivity index (χ0v) is 14.3. The summed E-state index contributed by atoms with van der Waals surface area (Å²) in [7, 11) is 0. The number of carbonyl (C=O) groups is 1. The molecule has 2 aromatic carbocycles. The first-order valence-electron chi connectivity index (χ1n) is 8.65.